The molecule has 2 aliphatic rings. The Balaban J connectivity index is 1.60. The molecule has 3 rings (SSSR count). The number of nitrogens with zero attached hydrogens (tertiary/aromatic N) is 1. The molecule has 0 bridgehead atoms. The molecule has 1 amide bonds. The lowest BCUT2D eigenvalue weighted by molar-refractivity contribution is -0.211. The van der Waals surface area contributed by atoms with E-state index in [4.69, 9.17) is 9.84 Å². The molecule has 0 radical (unpaired) electrons. The molecule has 1 aromatic rings. The largest absolute Gasteiger partial charge is 0.394 e. The molecule has 1 aromatic heterocycles. The van der Waals surface area contributed by atoms with Crippen molar-refractivity contribution in [2.75, 3.05) is 26.3 Å². The number of carbonyl (C=O) groups is 1. The molecule has 2 heterocycles. The van der Waals surface area contributed by atoms with Crippen LogP contribution in [0, 0.1) is 5.41 Å². The molecule has 1 spiro atoms. The van der Waals surface area contributed by atoms with E-state index in [9.17, 15) is 9.90 Å². The van der Waals surface area contributed by atoms with Crippen LogP contribution in [0.25, 0.3) is 0 Å². The molecule has 6 heteroatoms. The van der Waals surface area contributed by atoms with E-state index >= 15 is 0 Å². The Morgan fingerprint density at radius 1 is 1.48 bits per heavy atom. The third-order valence-electron chi connectivity index (χ3n) is 4.96. The minimum Gasteiger partial charge on any atom is -0.394 e. The van der Waals surface area contributed by atoms with Gasteiger partial charge in [-0.2, -0.15) is 0 Å². The van der Waals surface area contributed by atoms with E-state index in [0.717, 1.165) is 12.8 Å². The molecular weight excluding hydrogens is 272 g/mol. The van der Waals surface area contributed by atoms with E-state index in [0.29, 0.717) is 31.8 Å². The number of aliphatic hydroxyl groups excluding tert-OH is 2. The first kappa shape index (κ1) is 14.6. The van der Waals surface area contributed by atoms with E-state index in [1.807, 2.05) is 11.0 Å². The molecular formula is C15H22N2O4. The van der Waals surface area contributed by atoms with Gasteiger partial charge in [-0.1, -0.05) is 0 Å². The number of amides is 1. The lowest BCUT2D eigenvalue weighted by Gasteiger charge is -2.56. The van der Waals surface area contributed by atoms with E-state index in [-0.39, 0.29) is 30.1 Å². The van der Waals surface area contributed by atoms with Crippen molar-refractivity contribution in [3.05, 3.63) is 24.0 Å². The number of ether oxygens (including phenoxy) is 1. The minimum absolute atomic E-state index is 0.000109. The number of carbonyl (C=O) groups excluding carboxylic acids is 1. The predicted molar refractivity (Wildman–Crippen MR) is 75.8 cm³/mol. The summed E-state index contributed by atoms with van der Waals surface area (Å²) in [5.41, 5.74) is 0.370. The van der Waals surface area contributed by atoms with Crippen molar-refractivity contribution in [3.63, 3.8) is 0 Å². The first-order valence-electron chi connectivity index (χ1n) is 7.50. The van der Waals surface area contributed by atoms with E-state index in [2.05, 4.69) is 4.98 Å². The van der Waals surface area contributed by atoms with Crippen LogP contribution in [-0.4, -0.2) is 64.5 Å². The van der Waals surface area contributed by atoms with Crippen LogP contribution < -0.4 is 0 Å². The number of aliphatic hydroxyl groups is 2. The summed E-state index contributed by atoms with van der Waals surface area (Å²) in [6.07, 6.45) is 3.51. The number of nitrogens with one attached hydrogen (secondary N) is 1. The maximum absolute atomic E-state index is 12.3. The SMILES string of the molecule is O=C(c1ccc[nH]1)N1CCC2(CC1)[C@H](O)C[C@@H]2OCCO. The summed E-state index contributed by atoms with van der Waals surface area (Å²) >= 11 is 0. The summed E-state index contributed by atoms with van der Waals surface area (Å²) in [7, 11) is 0. The summed E-state index contributed by atoms with van der Waals surface area (Å²) in [4.78, 5) is 17.0. The third-order valence-corrected chi connectivity index (χ3v) is 4.96. The summed E-state index contributed by atoms with van der Waals surface area (Å²) in [6, 6.07) is 3.59. The number of aromatic nitrogens is 1. The molecule has 116 valence electrons. The topological polar surface area (TPSA) is 85.8 Å². The molecule has 1 saturated heterocycles. The Bertz CT molecular complexity index is 480. The van der Waals surface area contributed by atoms with Gasteiger partial charge in [-0.3, -0.25) is 4.79 Å². The van der Waals surface area contributed by atoms with Gasteiger partial charge in [0.2, 0.25) is 0 Å². The monoisotopic (exact) mass is 294 g/mol. The van der Waals surface area contributed by atoms with Gasteiger partial charge in [-0.05, 0) is 25.0 Å². The molecule has 3 N–H and O–H groups in total. The molecule has 1 saturated carbocycles. The molecule has 1 aliphatic carbocycles. The number of H-pyrrole nitrogens is 1. The number of likely N-dealkylation sites (tertiary alicyclic amines) is 1. The number of rotatable bonds is 4. The highest BCUT2D eigenvalue weighted by Crippen LogP contribution is 2.51. The zero-order valence-corrected chi connectivity index (χ0v) is 12.0. The number of hydrogen-bond acceptors (Lipinski definition) is 4. The normalized spacial score (nSPS) is 27.6. The molecule has 1 aliphatic heterocycles. The molecule has 21 heavy (non-hydrogen) atoms. The standard InChI is InChI=1S/C15H22N2O4/c18-8-9-21-13-10-12(19)15(13)3-6-17(7-4-15)14(20)11-2-1-5-16-11/h1-2,5,12-13,16,18-19H,3-4,6-10H2/t12-,13+/m1/s1. The van der Waals surface area contributed by atoms with Gasteiger partial charge in [0.05, 0.1) is 25.4 Å². The van der Waals surface area contributed by atoms with Crippen molar-refractivity contribution in [3.8, 4) is 0 Å². The van der Waals surface area contributed by atoms with Crippen LogP contribution in [0.3, 0.4) is 0 Å². The minimum atomic E-state index is -0.357. The van der Waals surface area contributed by atoms with Crippen LogP contribution in [0.2, 0.25) is 0 Å². The van der Waals surface area contributed by atoms with Gasteiger partial charge < -0.3 is 24.8 Å². The summed E-state index contributed by atoms with van der Waals surface area (Å²) in [5.74, 6) is 0.0106. The zero-order chi connectivity index (χ0) is 14.9. The average Bonchev–Trinajstić information content (AvgIpc) is 3.05. The van der Waals surface area contributed by atoms with Crippen LogP contribution in [-0.2, 0) is 4.74 Å². The molecule has 0 aromatic carbocycles. The lowest BCUT2D eigenvalue weighted by Crippen LogP contribution is -2.62. The Labute approximate surface area is 123 Å². The van der Waals surface area contributed by atoms with Gasteiger partial charge in [-0.15, -0.1) is 0 Å². The highest BCUT2D eigenvalue weighted by molar-refractivity contribution is 5.92. The second-order valence-corrected chi connectivity index (χ2v) is 5.94. The Morgan fingerprint density at radius 3 is 2.81 bits per heavy atom. The Kier molecular flexibility index (Phi) is 4.01. The Hall–Kier alpha value is -1.37. The maximum atomic E-state index is 12.3. The van der Waals surface area contributed by atoms with Crippen LogP contribution in [0.5, 0.6) is 0 Å². The smallest absolute Gasteiger partial charge is 0.270 e. The van der Waals surface area contributed by atoms with Crippen molar-refractivity contribution >= 4 is 5.91 Å². The molecule has 6 nitrogen and oxygen atoms in total. The van der Waals surface area contributed by atoms with Gasteiger partial charge >= 0.3 is 0 Å². The maximum Gasteiger partial charge on any atom is 0.270 e. The second kappa shape index (κ2) is 5.79. The van der Waals surface area contributed by atoms with Crippen molar-refractivity contribution in [2.45, 2.75) is 31.5 Å². The van der Waals surface area contributed by atoms with Crippen molar-refractivity contribution in [2.24, 2.45) is 5.41 Å². The van der Waals surface area contributed by atoms with Gasteiger partial charge in [0.1, 0.15) is 5.69 Å². The Morgan fingerprint density at radius 2 is 2.24 bits per heavy atom. The van der Waals surface area contributed by atoms with Gasteiger partial charge in [0, 0.05) is 31.1 Å². The van der Waals surface area contributed by atoms with Crippen molar-refractivity contribution in [1.82, 2.24) is 9.88 Å². The summed E-state index contributed by atoms with van der Waals surface area (Å²) in [5, 5.41) is 19.0. The van der Waals surface area contributed by atoms with E-state index in [1.54, 1.807) is 12.3 Å². The van der Waals surface area contributed by atoms with Crippen LogP contribution >= 0.6 is 0 Å². The van der Waals surface area contributed by atoms with Gasteiger partial charge in [0.25, 0.3) is 5.91 Å². The summed E-state index contributed by atoms with van der Waals surface area (Å²) in [6.45, 7) is 1.58. The highest BCUT2D eigenvalue weighted by Gasteiger charge is 2.56. The van der Waals surface area contributed by atoms with Crippen LogP contribution in [0.15, 0.2) is 18.3 Å². The van der Waals surface area contributed by atoms with Crippen LogP contribution in [0.4, 0.5) is 0 Å². The number of hydrogen-bond donors (Lipinski definition) is 3. The first-order valence-corrected chi connectivity index (χ1v) is 7.50. The average molecular weight is 294 g/mol. The number of aromatic amines is 1. The van der Waals surface area contributed by atoms with E-state index in [1.165, 1.54) is 0 Å². The molecule has 0 unspecified atom stereocenters. The number of piperidine rings is 1. The van der Waals surface area contributed by atoms with Gasteiger partial charge in [0.15, 0.2) is 0 Å². The van der Waals surface area contributed by atoms with Gasteiger partial charge in [-0.25, -0.2) is 0 Å². The molecule has 2 fully saturated rings. The molecule has 2 atom stereocenters. The fraction of sp³-hybridized carbons (Fsp3) is 0.667. The fourth-order valence-electron chi connectivity index (χ4n) is 3.57. The van der Waals surface area contributed by atoms with Crippen LogP contribution in [0.1, 0.15) is 29.8 Å². The van der Waals surface area contributed by atoms with Crippen molar-refractivity contribution < 1.29 is 19.7 Å². The quantitative estimate of drug-likeness (QED) is 0.749. The summed E-state index contributed by atoms with van der Waals surface area (Å²) < 4.78 is 5.64. The highest BCUT2D eigenvalue weighted by atomic mass is 16.5. The third kappa shape index (κ3) is 2.47. The van der Waals surface area contributed by atoms with E-state index < -0.39 is 0 Å². The zero-order valence-electron chi connectivity index (χ0n) is 12.0. The second-order valence-electron chi connectivity index (χ2n) is 5.94. The fourth-order valence-corrected chi connectivity index (χ4v) is 3.57. The first-order chi connectivity index (χ1) is 10.2. The predicted octanol–water partition coefficient (Wildman–Crippen LogP) is 0.379. The lowest BCUT2D eigenvalue weighted by atomic mass is 9.58. The van der Waals surface area contributed by atoms with Crippen molar-refractivity contribution in [1.29, 1.82) is 0 Å².